The molecule has 0 aliphatic rings. The van der Waals surface area contributed by atoms with Gasteiger partial charge in [-0.3, -0.25) is 18.2 Å². The van der Waals surface area contributed by atoms with Gasteiger partial charge in [0.1, 0.15) is 21.2 Å². The number of aromatic hydroxyl groups is 2. The van der Waals surface area contributed by atoms with Crippen LogP contribution in [0.2, 0.25) is 0 Å². The topological polar surface area (TPSA) is 359 Å². The molecule has 24 heteroatoms. The van der Waals surface area contributed by atoms with Gasteiger partial charge in [-0.25, -0.2) is 0 Å². The minimum Gasteiger partial charge on any atom is -0.505 e. The van der Waals surface area contributed by atoms with E-state index in [0.717, 1.165) is 69.8 Å². The summed E-state index contributed by atoms with van der Waals surface area (Å²) in [7, 11) is -19.6. The third-order valence-corrected chi connectivity index (χ3v) is 13.9. The van der Waals surface area contributed by atoms with Crippen LogP contribution in [0, 0.1) is 0 Å². The van der Waals surface area contributed by atoms with E-state index in [0.29, 0.717) is 0 Å². The SMILES string of the molecule is Nc1cc(S(=O)(=O)O)cc2cc(S(=O)(=O)O)c(N=Nc3ccc(-c4ccc(-c5ccc(-c6ccc(N=Nc7c(S(=O)(=O)O)cc8cc(S(=O)(=O)O)cc(N)c8c7O)cc6)cc5)cc4)cc3)c(O)c12. The highest BCUT2D eigenvalue weighted by Gasteiger charge is 2.26. The van der Waals surface area contributed by atoms with Gasteiger partial charge in [0, 0.05) is 22.1 Å². The second-order valence-electron chi connectivity index (χ2n) is 14.9. The lowest BCUT2D eigenvalue weighted by Crippen LogP contribution is -2.02. The van der Waals surface area contributed by atoms with Crippen LogP contribution in [0.1, 0.15) is 0 Å². The van der Waals surface area contributed by atoms with E-state index in [2.05, 4.69) is 20.5 Å². The molecular weight excluding hydrogens is 965 g/mol. The average Bonchev–Trinajstić information content (AvgIpc) is 3.27. The summed E-state index contributed by atoms with van der Waals surface area (Å²) in [6.07, 6.45) is 0. The van der Waals surface area contributed by atoms with Gasteiger partial charge < -0.3 is 21.7 Å². The summed E-state index contributed by atoms with van der Waals surface area (Å²) in [6.45, 7) is 0. The highest BCUT2D eigenvalue weighted by Crippen LogP contribution is 2.46. The number of azo groups is 2. The molecule has 0 heterocycles. The highest BCUT2D eigenvalue weighted by molar-refractivity contribution is 7.86. The molecule has 0 aliphatic heterocycles. The van der Waals surface area contributed by atoms with Crippen LogP contribution in [0.15, 0.2) is 173 Å². The normalized spacial score (nSPS) is 12.7. The molecule has 20 nitrogen and oxygen atoms in total. The lowest BCUT2D eigenvalue weighted by atomic mass is 9.98. The predicted molar refractivity (Wildman–Crippen MR) is 250 cm³/mol. The van der Waals surface area contributed by atoms with Gasteiger partial charge in [-0.2, -0.15) is 43.9 Å². The molecule has 0 saturated carbocycles. The monoisotopic (exact) mass is 996 g/mol. The van der Waals surface area contributed by atoms with Crippen molar-refractivity contribution >= 4 is 96.1 Å². The Balaban J connectivity index is 0.968. The van der Waals surface area contributed by atoms with E-state index in [1.807, 2.05) is 48.5 Å². The van der Waals surface area contributed by atoms with E-state index in [4.69, 9.17) is 11.5 Å². The molecule has 0 aromatic heterocycles. The molecule has 68 heavy (non-hydrogen) atoms. The second-order valence-corrected chi connectivity index (χ2v) is 20.5. The first kappa shape index (κ1) is 46.8. The smallest absolute Gasteiger partial charge is 0.296 e. The molecule has 8 aromatic carbocycles. The van der Waals surface area contributed by atoms with Crippen LogP contribution in [0.5, 0.6) is 11.5 Å². The Kier molecular flexibility index (Phi) is 11.8. The van der Waals surface area contributed by atoms with E-state index in [1.54, 1.807) is 48.5 Å². The quantitative estimate of drug-likeness (QED) is 0.0340. The number of hydrogen-bond acceptors (Lipinski definition) is 16. The molecule has 0 fully saturated rings. The molecule has 0 unspecified atom stereocenters. The Hall–Kier alpha value is -7.68. The Labute approximate surface area is 386 Å². The van der Waals surface area contributed by atoms with E-state index in [9.17, 15) is 62.1 Å². The maximum Gasteiger partial charge on any atom is 0.296 e. The Morgan fingerprint density at radius 1 is 0.353 bits per heavy atom. The second kappa shape index (κ2) is 17.2. The van der Waals surface area contributed by atoms with Crippen LogP contribution in [-0.2, 0) is 40.5 Å². The Morgan fingerprint density at radius 3 is 0.868 bits per heavy atom. The highest BCUT2D eigenvalue weighted by atomic mass is 32.2. The van der Waals surface area contributed by atoms with Crippen molar-refractivity contribution in [2.75, 3.05) is 11.5 Å². The fraction of sp³-hybridized carbons (Fsp3) is 0. The molecule has 0 spiro atoms. The first-order valence-electron chi connectivity index (χ1n) is 19.2. The standard InChI is InChI=1S/C44H32N6O14S4/c45-35-21-33(65(53,54)55)17-29-19-37(67(59,60)61)41(43(51)39(29)35)49-47-31-13-9-27(10-14-31)25-5-1-23(2-6-25)24-3-7-26(8-4-24)28-11-15-32(16-12-28)48-50-42-38(68(62,63)64)20-30-18-34(66(56,57)58)22-36(46)40(30)44(42)52/h1-22,51-52H,45-46H2,(H,53,54,55)(H,56,57,58)(H,59,60,61)(H,62,63,64). The van der Waals surface area contributed by atoms with Gasteiger partial charge in [0.15, 0.2) is 11.5 Å². The third-order valence-electron chi connectivity index (χ3n) is 10.5. The summed E-state index contributed by atoms with van der Waals surface area (Å²) in [5.41, 5.74) is 15.5. The van der Waals surface area contributed by atoms with E-state index in [-0.39, 0.29) is 44.3 Å². The fourth-order valence-corrected chi connectivity index (χ4v) is 9.65. The van der Waals surface area contributed by atoms with Gasteiger partial charge in [-0.1, -0.05) is 72.8 Å². The number of rotatable bonds is 11. The summed E-state index contributed by atoms with van der Waals surface area (Å²) in [4.78, 5) is -3.10. The first-order valence-corrected chi connectivity index (χ1v) is 25.0. The van der Waals surface area contributed by atoms with Crippen molar-refractivity contribution in [2.45, 2.75) is 19.6 Å². The summed E-state index contributed by atoms with van der Waals surface area (Å²) >= 11 is 0. The van der Waals surface area contributed by atoms with Gasteiger partial charge in [-0.15, -0.1) is 10.2 Å². The molecule has 0 radical (unpaired) electrons. The summed E-state index contributed by atoms with van der Waals surface area (Å²) in [5, 5.41) is 36.9. The maximum atomic E-state index is 12.3. The lowest BCUT2D eigenvalue weighted by Gasteiger charge is -2.12. The number of nitrogens with zero attached hydrogens (tertiary/aromatic N) is 4. The van der Waals surface area contributed by atoms with Crippen LogP contribution < -0.4 is 11.5 Å². The number of phenolic OH excluding ortho intramolecular Hbond substituents is 2. The zero-order valence-corrected chi connectivity index (χ0v) is 37.5. The summed E-state index contributed by atoms with van der Waals surface area (Å²) in [5.74, 6) is -1.61. The van der Waals surface area contributed by atoms with Gasteiger partial charge in [-0.05, 0) is 105 Å². The number of nitrogens with two attached hydrogens (primary N) is 2. The van der Waals surface area contributed by atoms with Crippen molar-refractivity contribution in [3.05, 3.63) is 133 Å². The van der Waals surface area contributed by atoms with Crippen LogP contribution in [-0.4, -0.2) is 62.1 Å². The molecule has 0 amide bonds. The van der Waals surface area contributed by atoms with Gasteiger partial charge in [0.05, 0.1) is 21.2 Å². The molecule has 0 aliphatic carbocycles. The predicted octanol–water partition coefficient (Wildman–Crippen LogP) is 9.39. The maximum absolute atomic E-state index is 12.3. The van der Waals surface area contributed by atoms with Gasteiger partial charge >= 0.3 is 0 Å². The third kappa shape index (κ3) is 9.46. The van der Waals surface area contributed by atoms with Crippen molar-refractivity contribution < 1.29 is 62.1 Å². The van der Waals surface area contributed by atoms with Crippen LogP contribution in [0.25, 0.3) is 54.9 Å². The lowest BCUT2D eigenvalue weighted by molar-refractivity contribution is 0.471. The largest absolute Gasteiger partial charge is 0.505 e. The summed E-state index contributed by atoms with van der Waals surface area (Å²) < 4.78 is 134. The average molecular weight is 997 g/mol. The number of fused-ring (bicyclic) bond motifs is 2. The number of phenols is 2. The number of hydrogen-bond donors (Lipinski definition) is 8. The van der Waals surface area contributed by atoms with Crippen molar-refractivity contribution in [2.24, 2.45) is 20.5 Å². The van der Waals surface area contributed by atoms with Crippen molar-refractivity contribution in [3.8, 4) is 44.9 Å². The van der Waals surface area contributed by atoms with Crippen molar-refractivity contribution in [1.29, 1.82) is 0 Å². The van der Waals surface area contributed by atoms with Crippen LogP contribution >= 0.6 is 0 Å². The first-order chi connectivity index (χ1) is 31.9. The molecule has 8 rings (SSSR count). The van der Waals surface area contributed by atoms with Gasteiger partial charge in [0.25, 0.3) is 40.5 Å². The number of nitrogen functional groups attached to an aromatic ring is 2. The van der Waals surface area contributed by atoms with E-state index >= 15 is 0 Å². The molecule has 10 N–H and O–H groups in total. The Bertz CT molecular complexity index is 3650. The van der Waals surface area contributed by atoms with Crippen LogP contribution in [0.3, 0.4) is 0 Å². The molecular formula is C44H32N6O14S4. The van der Waals surface area contributed by atoms with Crippen LogP contribution in [0.4, 0.5) is 34.1 Å². The molecule has 0 bridgehead atoms. The Morgan fingerprint density at radius 2 is 0.618 bits per heavy atom. The zero-order valence-electron chi connectivity index (χ0n) is 34.2. The minimum atomic E-state index is -5.03. The van der Waals surface area contributed by atoms with E-state index in [1.165, 1.54) is 0 Å². The summed E-state index contributed by atoms with van der Waals surface area (Å²) in [6, 6.07) is 33.7. The molecule has 0 saturated heterocycles. The zero-order chi connectivity index (χ0) is 49.1. The van der Waals surface area contributed by atoms with E-state index < -0.39 is 82.9 Å². The molecule has 346 valence electrons. The number of benzene rings is 8. The minimum absolute atomic E-state index is 0.189. The fourth-order valence-electron chi connectivity index (χ4n) is 7.23. The van der Waals surface area contributed by atoms with Crippen molar-refractivity contribution in [1.82, 2.24) is 0 Å². The molecule has 0 atom stereocenters. The van der Waals surface area contributed by atoms with Gasteiger partial charge in [0.2, 0.25) is 0 Å². The number of anilines is 2. The van der Waals surface area contributed by atoms with Crippen molar-refractivity contribution in [3.63, 3.8) is 0 Å². The molecule has 8 aromatic rings.